The van der Waals surface area contributed by atoms with Crippen LogP contribution in [0, 0.1) is 5.82 Å². The molecule has 6 heteroatoms. The van der Waals surface area contributed by atoms with Crippen molar-refractivity contribution in [3.05, 3.63) is 58.7 Å². The Bertz CT molecular complexity index is 922. The molecule has 2 aromatic carbocycles. The van der Waals surface area contributed by atoms with Gasteiger partial charge in [-0.05, 0) is 24.3 Å². The van der Waals surface area contributed by atoms with Gasteiger partial charge in [-0.1, -0.05) is 18.2 Å². The quantitative estimate of drug-likeness (QED) is 0.681. The van der Waals surface area contributed by atoms with Gasteiger partial charge in [0.2, 0.25) is 0 Å². The summed E-state index contributed by atoms with van der Waals surface area (Å²) in [6.45, 7) is 0.357. The van der Waals surface area contributed by atoms with E-state index in [-0.39, 0.29) is 11.7 Å². The Morgan fingerprint density at radius 2 is 1.92 bits per heavy atom. The van der Waals surface area contributed by atoms with Crippen molar-refractivity contribution < 1.29 is 18.7 Å². The summed E-state index contributed by atoms with van der Waals surface area (Å²) in [5.74, 6) is 0.743. The van der Waals surface area contributed by atoms with E-state index in [4.69, 9.17) is 9.47 Å². The number of thiophene rings is 1. The zero-order valence-electron chi connectivity index (χ0n) is 14.2. The minimum Gasteiger partial charge on any atom is -0.493 e. The lowest BCUT2D eigenvalue weighted by Crippen LogP contribution is -2.25. The molecule has 1 aromatic heterocycles. The van der Waals surface area contributed by atoms with Crippen LogP contribution in [-0.2, 0) is 6.54 Å². The monoisotopic (exact) mass is 359 g/mol. The topological polar surface area (TPSA) is 38.8 Å². The number of fused-ring (bicyclic) bond motifs is 1. The Hall–Kier alpha value is -2.60. The third-order valence-corrected chi connectivity index (χ3v) is 5.05. The molecule has 0 fully saturated rings. The number of hydrogen-bond donors (Lipinski definition) is 0. The second-order valence-electron chi connectivity index (χ2n) is 5.58. The average molecular weight is 359 g/mol. The maximum Gasteiger partial charge on any atom is 0.264 e. The molecular formula is C19H18FNO3S. The number of rotatable bonds is 5. The lowest BCUT2D eigenvalue weighted by Gasteiger charge is -2.19. The number of ether oxygens (including phenoxy) is 2. The molecule has 0 spiro atoms. The van der Waals surface area contributed by atoms with Crippen molar-refractivity contribution in [1.29, 1.82) is 0 Å². The number of nitrogens with zero attached hydrogens (tertiary/aromatic N) is 1. The van der Waals surface area contributed by atoms with Crippen molar-refractivity contribution in [3.63, 3.8) is 0 Å². The summed E-state index contributed by atoms with van der Waals surface area (Å²) in [4.78, 5) is 14.8. The van der Waals surface area contributed by atoms with E-state index in [2.05, 4.69) is 0 Å². The van der Waals surface area contributed by atoms with Crippen molar-refractivity contribution in [2.24, 2.45) is 0 Å². The maximum absolute atomic E-state index is 13.8. The Balaban J connectivity index is 1.86. The van der Waals surface area contributed by atoms with E-state index >= 15 is 0 Å². The minimum atomic E-state index is -0.315. The molecule has 0 unspecified atom stereocenters. The molecule has 0 saturated heterocycles. The Morgan fingerprint density at radius 3 is 2.60 bits per heavy atom. The van der Waals surface area contributed by atoms with Gasteiger partial charge >= 0.3 is 0 Å². The summed E-state index contributed by atoms with van der Waals surface area (Å²) in [7, 11) is 4.85. The van der Waals surface area contributed by atoms with E-state index in [1.165, 1.54) is 17.4 Å². The molecule has 3 aromatic rings. The van der Waals surface area contributed by atoms with E-state index < -0.39 is 0 Å². The summed E-state index contributed by atoms with van der Waals surface area (Å²) in [5, 5.41) is 0.475. The highest BCUT2D eigenvalue weighted by Crippen LogP contribution is 2.32. The van der Waals surface area contributed by atoms with Crippen molar-refractivity contribution >= 4 is 27.3 Å². The number of carbonyl (C=O) groups is 1. The van der Waals surface area contributed by atoms with E-state index in [0.717, 1.165) is 10.3 Å². The van der Waals surface area contributed by atoms with Gasteiger partial charge < -0.3 is 14.4 Å². The summed E-state index contributed by atoms with van der Waals surface area (Å²) in [6, 6.07) is 12.0. The molecule has 0 saturated carbocycles. The Labute approximate surface area is 149 Å². The van der Waals surface area contributed by atoms with Crippen LogP contribution in [0.3, 0.4) is 0 Å². The van der Waals surface area contributed by atoms with Gasteiger partial charge in [0.15, 0.2) is 11.5 Å². The second kappa shape index (κ2) is 7.11. The summed E-state index contributed by atoms with van der Waals surface area (Å²) in [6.07, 6.45) is 0. The Morgan fingerprint density at radius 1 is 1.16 bits per heavy atom. The van der Waals surface area contributed by atoms with E-state index in [0.29, 0.717) is 28.3 Å². The number of amides is 1. The van der Waals surface area contributed by atoms with Crippen molar-refractivity contribution in [2.45, 2.75) is 6.54 Å². The largest absolute Gasteiger partial charge is 0.493 e. The number of benzene rings is 2. The first-order valence-electron chi connectivity index (χ1n) is 7.68. The lowest BCUT2D eigenvalue weighted by molar-refractivity contribution is 0.0789. The Kier molecular flexibility index (Phi) is 4.90. The molecule has 0 radical (unpaired) electrons. The summed E-state index contributed by atoms with van der Waals surface area (Å²) >= 11 is 1.29. The zero-order valence-corrected chi connectivity index (χ0v) is 15.0. The lowest BCUT2D eigenvalue weighted by atomic mass is 10.1. The fraction of sp³-hybridized carbons (Fsp3) is 0.211. The number of para-hydroxylation sites is 1. The van der Waals surface area contributed by atoms with Gasteiger partial charge in [-0.2, -0.15) is 0 Å². The van der Waals surface area contributed by atoms with Crippen LogP contribution in [0.5, 0.6) is 11.5 Å². The number of hydrogen-bond acceptors (Lipinski definition) is 4. The van der Waals surface area contributed by atoms with Gasteiger partial charge in [0.1, 0.15) is 5.82 Å². The van der Waals surface area contributed by atoms with E-state index in [1.807, 2.05) is 18.2 Å². The van der Waals surface area contributed by atoms with Crippen LogP contribution in [0.2, 0.25) is 0 Å². The number of halogens is 1. The van der Waals surface area contributed by atoms with Crippen LogP contribution in [0.15, 0.2) is 42.5 Å². The molecule has 25 heavy (non-hydrogen) atoms. The van der Waals surface area contributed by atoms with Gasteiger partial charge in [-0.25, -0.2) is 4.39 Å². The summed E-state index contributed by atoms with van der Waals surface area (Å²) in [5.41, 5.74) is 0.838. The van der Waals surface area contributed by atoms with Gasteiger partial charge in [-0.3, -0.25) is 4.79 Å². The standard InChI is InChI=1S/C19H18FNO3S/c1-21(11-12-6-4-8-15(23-2)18(12)24-3)19(22)17-10-13-14(20)7-5-9-16(13)25-17/h4-10H,11H2,1-3H3. The maximum atomic E-state index is 13.8. The molecule has 130 valence electrons. The normalized spacial score (nSPS) is 10.7. The van der Waals surface area contributed by atoms with Gasteiger partial charge in [0.05, 0.1) is 19.1 Å². The van der Waals surface area contributed by atoms with Crippen LogP contribution in [0.4, 0.5) is 4.39 Å². The molecule has 0 aliphatic rings. The molecule has 1 heterocycles. The second-order valence-corrected chi connectivity index (χ2v) is 6.66. The van der Waals surface area contributed by atoms with Gasteiger partial charge in [0, 0.05) is 29.2 Å². The van der Waals surface area contributed by atoms with Crippen molar-refractivity contribution in [2.75, 3.05) is 21.3 Å². The molecule has 0 aliphatic heterocycles. The van der Waals surface area contributed by atoms with Crippen LogP contribution in [-0.4, -0.2) is 32.1 Å². The van der Waals surface area contributed by atoms with Crippen molar-refractivity contribution in [1.82, 2.24) is 4.90 Å². The molecular weight excluding hydrogens is 341 g/mol. The van der Waals surface area contributed by atoms with Crippen LogP contribution >= 0.6 is 11.3 Å². The van der Waals surface area contributed by atoms with Crippen LogP contribution in [0.25, 0.3) is 10.1 Å². The zero-order chi connectivity index (χ0) is 18.0. The molecule has 0 N–H and O–H groups in total. The highest BCUT2D eigenvalue weighted by Gasteiger charge is 2.19. The molecule has 1 amide bonds. The third kappa shape index (κ3) is 3.30. The van der Waals surface area contributed by atoms with Crippen LogP contribution in [0.1, 0.15) is 15.2 Å². The van der Waals surface area contributed by atoms with Crippen LogP contribution < -0.4 is 9.47 Å². The molecule has 4 nitrogen and oxygen atoms in total. The predicted octanol–water partition coefficient (Wildman–Crippen LogP) is 4.33. The van der Waals surface area contributed by atoms with Gasteiger partial charge in [-0.15, -0.1) is 11.3 Å². The first-order valence-corrected chi connectivity index (χ1v) is 8.50. The highest BCUT2D eigenvalue weighted by molar-refractivity contribution is 7.20. The third-order valence-electron chi connectivity index (χ3n) is 3.96. The minimum absolute atomic E-state index is 0.162. The SMILES string of the molecule is COc1cccc(CN(C)C(=O)c2cc3c(F)cccc3s2)c1OC. The van der Waals surface area contributed by atoms with E-state index in [9.17, 15) is 9.18 Å². The molecule has 0 aliphatic carbocycles. The smallest absolute Gasteiger partial charge is 0.264 e. The fourth-order valence-electron chi connectivity index (χ4n) is 2.72. The molecule has 3 rings (SSSR count). The first-order chi connectivity index (χ1) is 12.0. The highest BCUT2D eigenvalue weighted by atomic mass is 32.1. The molecule has 0 bridgehead atoms. The first kappa shape index (κ1) is 17.2. The van der Waals surface area contributed by atoms with Gasteiger partial charge in [0.25, 0.3) is 5.91 Å². The van der Waals surface area contributed by atoms with Crippen molar-refractivity contribution in [3.8, 4) is 11.5 Å². The number of carbonyl (C=O) groups excluding carboxylic acids is 1. The number of methoxy groups -OCH3 is 2. The molecule has 0 atom stereocenters. The summed E-state index contributed by atoms with van der Waals surface area (Å²) < 4.78 is 25.3. The fourth-order valence-corrected chi connectivity index (χ4v) is 3.79. The predicted molar refractivity (Wildman–Crippen MR) is 97.1 cm³/mol. The average Bonchev–Trinajstić information content (AvgIpc) is 3.06. The van der Waals surface area contributed by atoms with E-state index in [1.54, 1.807) is 44.4 Å².